The first kappa shape index (κ1) is 20.7. The summed E-state index contributed by atoms with van der Waals surface area (Å²) in [5.41, 5.74) is 0.535. The van der Waals surface area contributed by atoms with Gasteiger partial charge < -0.3 is 18.9 Å². The van der Waals surface area contributed by atoms with Gasteiger partial charge in [0.25, 0.3) is 0 Å². The number of hydrogen-bond acceptors (Lipinski definition) is 5. The molecule has 154 valence electrons. The number of nitriles is 1. The molecule has 1 fully saturated rings. The molecular formula is C22H28N4O3. The van der Waals surface area contributed by atoms with E-state index in [9.17, 15) is 4.79 Å². The molecule has 0 aliphatic carbocycles. The largest absolute Gasteiger partial charge is 0.493 e. The van der Waals surface area contributed by atoms with E-state index in [2.05, 4.69) is 22.5 Å². The average Bonchev–Trinajstić information content (AvgIpc) is 3.23. The molecule has 0 spiro atoms. The zero-order valence-electron chi connectivity index (χ0n) is 17.1. The van der Waals surface area contributed by atoms with Crippen molar-refractivity contribution in [3.05, 3.63) is 42.0 Å². The summed E-state index contributed by atoms with van der Waals surface area (Å²) >= 11 is 0. The van der Waals surface area contributed by atoms with E-state index in [1.165, 1.54) is 0 Å². The Balaban J connectivity index is 1.51. The molecule has 3 rings (SSSR count). The third kappa shape index (κ3) is 5.29. The van der Waals surface area contributed by atoms with E-state index in [-0.39, 0.29) is 11.8 Å². The summed E-state index contributed by atoms with van der Waals surface area (Å²) in [5.74, 6) is 2.66. The van der Waals surface area contributed by atoms with Crippen molar-refractivity contribution < 1.29 is 14.3 Å². The highest BCUT2D eigenvalue weighted by Crippen LogP contribution is 2.29. The summed E-state index contributed by atoms with van der Waals surface area (Å²) in [5, 5.41) is 9.01. The standard InChI is InChI=1S/C22H28N4O3/c1-3-21-24-9-12-25(21)11-8-22(27)26-10-4-5-18(15-26)16-29-19-7-6-17(14-23)13-20(19)28-2/h6-7,9,12-13,18H,3-5,8,10-11,15-16H2,1-2H3. The second-order valence-corrected chi connectivity index (χ2v) is 7.28. The van der Waals surface area contributed by atoms with Gasteiger partial charge in [-0.3, -0.25) is 4.79 Å². The molecule has 1 atom stereocenters. The van der Waals surface area contributed by atoms with Crippen LogP contribution in [0.4, 0.5) is 0 Å². The summed E-state index contributed by atoms with van der Waals surface area (Å²) in [4.78, 5) is 18.9. The molecule has 1 unspecified atom stereocenters. The van der Waals surface area contributed by atoms with E-state index in [4.69, 9.17) is 14.7 Å². The molecule has 7 nitrogen and oxygen atoms in total. The summed E-state index contributed by atoms with van der Waals surface area (Å²) in [6, 6.07) is 7.25. The highest BCUT2D eigenvalue weighted by molar-refractivity contribution is 5.76. The number of hydrogen-bond donors (Lipinski definition) is 0. The number of imidazole rings is 1. The molecule has 1 aliphatic rings. The first-order valence-corrected chi connectivity index (χ1v) is 10.1. The fourth-order valence-corrected chi connectivity index (χ4v) is 3.72. The number of amides is 1. The quantitative estimate of drug-likeness (QED) is 0.685. The van der Waals surface area contributed by atoms with Gasteiger partial charge in [-0.2, -0.15) is 5.26 Å². The van der Waals surface area contributed by atoms with E-state index < -0.39 is 0 Å². The second kappa shape index (κ2) is 9.97. The molecule has 0 N–H and O–H groups in total. The summed E-state index contributed by atoms with van der Waals surface area (Å²) in [7, 11) is 1.56. The van der Waals surface area contributed by atoms with Crippen molar-refractivity contribution in [1.82, 2.24) is 14.5 Å². The van der Waals surface area contributed by atoms with Crippen molar-refractivity contribution in [3.8, 4) is 17.6 Å². The van der Waals surface area contributed by atoms with Crippen LogP contribution in [0.2, 0.25) is 0 Å². The SMILES string of the molecule is CCc1nccn1CCC(=O)N1CCCC(COc2ccc(C#N)cc2OC)C1. The van der Waals surface area contributed by atoms with Crippen LogP contribution < -0.4 is 9.47 Å². The molecule has 1 saturated heterocycles. The molecule has 1 amide bonds. The lowest BCUT2D eigenvalue weighted by atomic mass is 9.98. The molecule has 0 bridgehead atoms. The molecule has 2 heterocycles. The van der Waals surface area contributed by atoms with E-state index in [0.717, 1.165) is 31.6 Å². The van der Waals surface area contributed by atoms with Crippen molar-refractivity contribution in [3.63, 3.8) is 0 Å². The van der Waals surface area contributed by atoms with Crippen molar-refractivity contribution in [1.29, 1.82) is 5.26 Å². The van der Waals surface area contributed by atoms with Gasteiger partial charge in [-0.05, 0) is 25.0 Å². The summed E-state index contributed by atoms with van der Waals surface area (Å²) in [6.07, 6.45) is 7.09. The predicted octanol–water partition coefficient (Wildman–Crippen LogP) is 3.03. The smallest absolute Gasteiger partial charge is 0.224 e. The van der Waals surface area contributed by atoms with Crippen LogP contribution in [0.25, 0.3) is 0 Å². The molecule has 1 aliphatic heterocycles. The Morgan fingerprint density at radius 2 is 2.24 bits per heavy atom. The summed E-state index contributed by atoms with van der Waals surface area (Å²) < 4.78 is 13.3. The topological polar surface area (TPSA) is 80.4 Å². The number of piperidine rings is 1. The number of rotatable bonds is 8. The highest BCUT2D eigenvalue weighted by Gasteiger charge is 2.24. The first-order valence-electron chi connectivity index (χ1n) is 10.1. The van der Waals surface area contributed by atoms with Crippen molar-refractivity contribution >= 4 is 5.91 Å². The van der Waals surface area contributed by atoms with E-state index >= 15 is 0 Å². The van der Waals surface area contributed by atoms with Gasteiger partial charge in [-0.25, -0.2) is 4.98 Å². The van der Waals surface area contributed by atoms with Crippen LogP contribution in [-0.4, -0.2) is 47.2 Å². The van der Waals surface area contributed by atoms with Crippen LogP contribution in [0.15, 0.2) is 30.6 Å². The minimum atomic E-state index is 0.182. The van der Waals surface area contributed by atoms with Crippen LogP contribution in [-0.2, 0) is 17.8 Å². The highest BCUT2D eigenvalue weighted by atomic mass is 16.5. The molecule has 2 aromatic rings. The predicted molar refractivity (Wildman–Crippen MR) is 109 cm³/mol. The van der Waals surface area contributed by atoms with Crippen LogP contribution in [0, 0.1) is 17.2 Å². The number of benzene rings is 1. The number of carbonyl (C=O) groups excluding carboxylic acids is 1. The second-order valence-electron chi connectivity index (χ2n) is 7.28. The molecule has 1 aromatic heterocycles. The van der Waals surface area contributed by atoms with Crippen molar-refractivity contribution in [2.45, 2.75) is 39.2 Å². The number of aryl methyl sites for hydroxylation is 2. The van der Waals surface area contributed by atoms with Gasteiger partial charge in [0, 0.05) is 56.9 Å². The fraction of sp³-hybridized carbons (Fsp3) is 0.500. The van der Waals surface area contributed by atoms with Crippen LogP contribution in [0.5, 0.6) is 11.5 Å². The fourth-order valence-electron chi connectivity index (χ4n) is 3.72. The van der Waals surface area contributed by atoms with E-state index in [1.54, 1.807) is 31.5 Å². The molecule has 7 heteroatoms. The minimum absolute atomic E-state index is 0.182. The lowest BCUT2D eigenvalue weighted by Gasteiger charge is -2.33. The normalized spacial score (nSPS) is 16.3. The van der Waals surface area contributed by atoms with Gasteiger partial charge in [-0.15, -0.1) is 0 Å². The van der Waals surface area contributed by atoms with E-state index in [1.807, 2.05) is 11.1 Å². The van der Waals surface area contributed by atoms with Crippen LogP contribution >= 0.6 is 0 Å². The van der Waals surface area contributed by atoms with Gasteiger partial charge in [0.2, 0.25) is 5.91 Å². The van der Waals surface area contributed by atoms with Gasteiger partial charge >= 0.3 is 0 Å². The Hall–Kier alpha value is -3.01. The first-order chi connectivity index (χ1) is 14.1. The molecule has 0 saturated carbocycles. The maximum Gasteiger partial charge on any atom is 0.224 e. The third-order valence-corrected chi connectivity index (χ3v) is 5.32. The zero-order valence-corrected chi connectivity index (χ0v) is 17.1. The van der Waals surface area contributed by atoms with Gasteiger partial charge in [0.1, 0.15) is 5.82 Å². The molecule has 1 aromatic carbocycles. The van der Waals surface area contributed by atoms with Gasteiger partial charge in [0.15, 0.2) is 11.5 Å². The Morgan fingerprint density at radius 1 is 1.38 bits per heavy atom. The molecule has 29 heavy (non-hydrogen) atoms. The van der Waals surface area contributed by atoms with Gasteiger partial charge in [0.05, 0.1) is 25.3 Å². The average molecular weight is 396 g/mol. The number of methoxy groups -OCH3 is 1. The van der Waals surface area contributed by atoms with Crippen molar-refractivity contribution in [2.24, 2.45) is 5.92 Å². The number of ether oxygens (including phenoxy) is 2. The van der Waals surface area contributed by atoms with Crippen molar-refractivity contribution in [2.75, 3.05) is 26.8 Å². The maximum atomic E-state index is 12.7. The Bertz CT molecular complexity index is 871. The lowest BCUT2D eigenvalue weighted by Crippen LogP contribution is -2.41. The monoisotopic (exact) mass is 396 g/mol. The summed E-state index contributed by atoms with van der Waals surface area (Å²) in [6.45, 7) is 4.77. The van der Waals surface area contributed by atoms with Crippen LogP contribution in [0.3, 0.4) is 0 Å². The number of carbonyl (C=O) groups is 1. The molecule has 0 radical (unpaired) electrons. The Morgan fingerprint density at radius 3 is 3.00 bits per heavy atom. The van der Waals surface area contributed by atoms with Gasteiger partial charge in [-0.1, -0.05) is 6.92 Å². The van der Waals surface area contributed by atoms with Crippen LogP contribution in [0.1, 0.15) is 37.6 Å². The Kier molecular flexibility index (Phi) is 7.12. The minimum Gasteiger partial charge on any atom is -0.493 e. The number of aromatic nitrogens is 2. The maximum absolute atomic E-state index is 12.7. The van der Waals surface area contributed by atoms with E-state index in [0.29, 0.717) is 43.2 Å². The lowest BCUT2D eigenvalue weighted by molar-refractivity contribution is -0.133. The third-order valence-electron chi connectivity index (χ3n) is 5.32. The Labute approximate surface area is 171 Å². The number of likely N-dealkylation sites (tertiary alicyclic amines) is 1. The molecular weight excluding hydrogens is 368 g/mol. The zero-order chi connectivity index (χ0) is 20.6. The number of nitrogens with zero attached hydrogens (tertiary/aromatic N) is 4.